The zero-order valence-corrected chi connectivity index (χ0v) is 23.8. The van der Waals surface area contributed by atoms with Gasteiger partial charge in [-0.3, -0.25) is 19.9 Å². The molecule has 1 aliphatic carbocycles. The lowest BCUT2D eigenvalue weighted by Gasteiger charge is -2.32. The van der Waals surface area contributed by atoms with Gasteiger partial charge in [-0.15, -0.1) is 0 Å². The molecule has 0 bridgehead atoms. The minimum atomic E-state index is -0.423. The number of imide groups is 1. The highest BCUT2D eigenvalue weighted by atomic mass is 16.5. The molecule has 9 nitrogen and oxygen atoms in total. The van der Waals surface area contributed by atoms with Crippen molar-refractivity contribution in [2.45, 2.75) is 77.6 Å². The van der Waals surface area contributed by atoms with Crippen LogP contribution in [-0.4, -0.2) is 44.0 Å². The Balaban J connectivity index is 1.17. The number of aromatic nitrogens is 3. The van der Waals surface area contributed by atoms with E-state index in [2.05, 4.69) is 66.3 Å². The smallest absolute Gasteiger partial charge is 0.329 e. The molecule has 0 unspecified atom stereocenters. The number of imidazole rings is 1. The van der Waals surface area contributed by atoms with Gasteiger partial charge >= 0.3 is 6.03 Å². The summed E-state index contributed by atoms with van der Waals surface area (Å²) in [7, 11) is 1.87. The number of fused-ring (bicyclic) bond motifs is 1. The molecule has 1 aromatic carbocycles. The predicted molar refractivity (Wildman–Crippen MR) is 153 cm³/mol. The summed E-state index contributed by atoms with van der Waals surface area (Å²) in [5.74, 6) is 2.63. The first kappa shape index (κ1) is 26.5. The topological polar surface area (TPSA) is 92.6 Å². The normalized spacial score (nSPS) is 22.8. The monoisotopic (exact) mass is 542 g/mol. The number of nitrogens with one attached hydrogen (secondary N) is 1. The molecule has 2 aliphatic heterocycles. The number of pyridine rings is 1. The Labute approximate surface area is 235 Å². The molecule has 3 amide bonds. The summed E-state index contributed by atoms with van der Waals surface area (Å²) < 4.78 is 8.19. The van der Waals surface area contributed by atoms with Crippen molar-refractivity contribution in [3.63, 3.8) is 0 Å². The van der Waals surface area contributed by atoms with Gasteiger partial charge in [0.1, 0.15) is 23.4 Å². The number of benzene rings is 1. The number of rotatable bonds is 6. The maximum absolute atomic E-state index is 12.4. The molecule has 2 fully saturated rings. The fourth-order valence-corrected chi connectivity index (χ4v) is 6.27. The Morgan fingerprint density at radius 3 is 2.60 bits per heavy atom. The quantitative estimate of drug-likeness (QED) is 0.464. The number of ether oxygens (including phenoxy) is 1. The number of amides is 3. The van der Waals surface area contributed by atoms with Crippen LogP contribution in [0, 0.1) is 5.92 Å². The Morgan fingerprint density at radius 1 is 1.07 bits per heavy atom. The van der Waals surface area contributed by atoms with E-state index in [1.54, 1.807) is 11.1 Å². The van der Waals surface area contributed by atoms with E-state index >= 15 is 0 Å². The van der Waals surface area contributed by atoms with Crippen LogP contribution >= 0.6 is 0 Å². The standard InChI is InChI=1S/C31H38N6O3/c1-20-7-5-6-8-25(20)40-23-12-9-21(10-13-23)18-36-19-22-11-14-24(33-28(22)31(36,2)3)29-32-17-27(35(29)4)37-16-15-26(38)34-30(37)39/h9-14,17,20,25H,5-8,15-16,18-19H2,1-4H3,(H,34,38,39)/t20-,25+/m0/s1. The van der Waals surface area contributed by atoms with Crippen LogP contribution in [0.4, 0.5) is 10.6 Å². The first-order valence-corrected chi connectivity index (χ1v) is 14.3. The molecule has 9 heteroatoms. The zero-order valence-electron chi connectivity index (χ0n) is 23.8. The van der Waals surface area contributed by atoms with Crippen LogP contribution in [0.5, 0.6) is 5.75 Å². The predicted octanol–water partition coefficient (Wildman–Crippen LogP) is 5.14. The molecule has 210 valence electrons. The molecule has 3 aliphatic rings. The second-order valence-corrected chi connectivity index (χ2v) is 11.9. The summed E-state index contributed by atoms with van der Waals surface area (Å²) >= 11 is 0. The third kappa shape index (κ3) is 4.87. The van der Waals surface area contributed by atoms with Crippen LogP contribution in [0.3, 0.4) is 0 Å². The van der Waals surface area contributed by atoms with Crippen LogP contribution in [-0.2, 0) is 30.5 Å². The number of urea groups is 1. The number of anilines is 1. The Morgan fingerprint density at radius 2 is 1.85 bits per heavy atom. The summed E-state index contributed by atoms with van der Waals surface area (Å²) in [6.07, 6.45) is 7.22. The van der Waals surface area contributed by atoms with E-state index < -0.39 is 6.03 Å². The van der Waals surface area contributed by atoms with Crippen molar-refractivity contribution in [3.05, 3.63) is 59.4 Å². The minimum Gasteiger partial charge on any atom is -0.490 e. The average molecular weight is 543 g/mol. The van der Waals surface area contributed by atoms with Crippen molar-refractivity contribution in [3.8, 4) is 17.3 Å². The van der Waals surface area contributed by atoms with Crippen LogP contribution in [0.15, 0.2) is 42.6 Å². The van der Waals surface area contributed by atoms with Crippen LogP contribution in [0.2, 0.25) is 0 Å². The van der Waals surface area contributed by atoms with Gasteiger partial charge in [0.05, 0.1) is 17.4 Å². The Bertz CT molecular complexity index is 1430. The molecule has 2 atom stereocenters. The molecule has 0 spiro atoms. The van der Waals surface area contributed by atoms with E-state index in [4.69, 9.17) is 9.72 Å². The first-order valence-electron chi connectivity index (χ1n) is 14.3. The van der Waals surface area contributed by atoms with Gasteiger partial charge in [0.25, 0.3) is 0 Å². The number of hydrogen-bond acceptors (Lipinski definition) is 6. The summed E-state index contributed by atoms with van der Waals surface area (Å²) in [5.41, 5.74) is 4.00. The maximum Gasteiger partial charge on any atom is 0.329 e. The van der Waals surface area contributed by atoms with Gasteiger partial charge in [-0.05, 0) is 68.4 Å². The molecule has 6 rings (SSSR count). The highest BCUT2D eigenvalue weighted by molar-refractivity contribution is 6.05. The van der Waals surface area contributed by atoms with Gasteiger partial charge in [0.15, 0.2) is 5.82 Å². The van der Waals surface area contributed by atoms with Gasteiger partial charge in [-0.1, -0.05) is 31.5 Å². The number of carbonyl (C=O) groups excluding carboxylic acids is 2. The molecule has 2 aromatic heterocycles. The second kappa shape index (κ2) is 10.4. The van der Waals surface area contributed by atoms with E-state index in [1.807, 2.05) is 17.7 Å². The van der Waals surface area contributed by atoms with Gasteiger partial charge in [-0.25, -0.2) is 14.8 Å². The third-order valence-corrected chi connectivity index (χ3v) is 8.85. The molecular weight excluding hydrogens is 504 g/mol. The average Bonchev–Trinajstić information content (AvgIpc) is 3.42. The molecule has 0 radical (unpaired) electrons. The summed E-state index contributed by atoms with van der Waals surface area (Å²) in [6.45, 7) is 8.70. The summed E-state index contributed by atoms with van der Waals surface area (Å²) in [4.78, 5) is 37.6. The molecular formula is C31H38N6O3. The lowest BCUT2D eigenvalue weighted by atomic mass is 9.88. The first-order chi connectivity index (χ1) is 19.2. The zero-order chi connectivity index (χ0) is 28.0. The largest absolute Gasteiger partial charge is 0.490 e. The van der Waals surface area contributed by atoms with Crippen molar-refractivity contribution >= 4 is 17.8 Å². The van der Waals surface area contributed by atoms with Gasteiger partial charge in [-0.2, -0.15) is 0 Å². The number of carbonyl (C=O) groups is 2. The molecule has 1 saturated heterocycles. The molecule has 1 saturated carbocycles. The number of nitrogens with zero attached hydrogens (tertiary/aromatic N) is 5. The second-order valence-electron chi connectivity index (χ2n) is 11.9. The minimum absolute atomic E-state index is 0.255. The number of hydrogen-bond donors (Lipinski definition) is 1. The van der Waals surface area contributed by atoms with E-state index in [1.165, 1.54) is 30.4 Å². The van der Waals surface area contributed by atoms with Gasteiger partial charge in [0, 0.05) is 33.1 Å². The van der Waals surface area contributed by atoms with E-state index in [0.717, 1.165) is 36.6 Å². The lowest BCUT2D eigenvalue weighted by molar-refractivity contribution is -0.120. The maximum atomic E-state index is 12.4. The lowest BCUT2D eigenvalue weighted by Crippen LogP contribution is -2.50. The van der Waals surface area contributed by atoms with Gasteiger partial charge in [0.2, 0.25) is 5.91 Å². The van der Waals surface area contributed by atoms with Crippen molar-refractivity contribution < 1.29 is 14.3 Å². The van der Waals surface area contributed by atoms with E-state index in [-0.39, 0.29) is 17.9 Å². The Hall–Kier alpha value is -3.72. The van der Waals surface area contributed by atoms with Crippen molar-refractivity contribution in [1.82, 2.24) is 24.8 Å². The van der Waals surface area contributed by atoms with E-state index in [9.17, 15) is 9.59 Å². The SMILES string of the molecule is C[C@H]1CCCC[C@H]1Oc1ccc(CN2Cc3ccc(-c4ncc(N5CCC(=O)NC5=O)n4C)nc3C2(C)C)cc1. The van der Waals surface area contributed by atoms with Crippen molar-refractivity contribution in [1.29, 1.82) is 0 Å². The van der Waals surface area contributed by atoms with Crippen LogP contribution in [0.25, 0.3) is 11.5 Å². The fraction of sp³-hybridized carbons (Fsp3) is 0.484. The van der Waals surface area contributed by atoms with Crippen molar-refractivity contribution in [2.75, 3.05) is 11.4 Å². The highest BCUT2D eigenvalue weighted by Crippen LogP contribution is 2.40. The summed E-state index contributed by atoms with van der Waals surface area (Å²) in [6, 6.07) is 12.3. The summed E-state index contributed by atoms with van der Waals surface area (Å²) in [5, 5.41) is 2.38. The molecule has 40 heavy (non-hydrogen) atoms. The Kier molecular flexibility index (Phi) is 6.86. The fourth-order valence-electron chi connectivity index (χ4n) is 6.27. The van der Waals surface area contributed by atoms with Crippen molar-refractivity contribution in [2.24, 2.45) is 13.0 Å². The molecule has 3 aromatic rings. The molecule has 1 N–H and O–H groups in total. The third-order valence-electron chi connectivity index (χ3n) is 8.85. The highest BCUT2D eigenvalue weighted by Gasteiger charge is 2.39. The molecule has 4 heterocycles. The van der Waals surface area contributed by atoms with Crippen LogP contribution < -0.4 is 15.0 Å². The van der Waals surface area contributed by atoms with Gasteiger partial charge < -0.3 is 9.30 Å². The van der Waals surface area contributed by atoms with Crippen LogP contribution in [0.1, 0.15) is 69.7 Å². The van der Waals surface area contributed by atoms with E-state index in [0.29, 0.717) is 30.2 Å².